The largest absolute Gasteiger partial charge is 0.357 e. The first-order valence-corrected chi connectivity index (χ1v) is 8.18. The molecule has 0 saturated heterocycles. The minimum absolute atomic E-state index is 0.556. The summed E-state index contributed by atoms with van der Waals surface area (Å²) in [6.07, 6.45) is 9.47. The lowest BCUT2D eigenvalue weighted by Gasteiger charge is -2.26. The first-order valence-electron chi connectivity index (χ1n) is 8.18. The average Bonchev–Trinajstić information content (AvgIpc) is 3.00. The number of aromatic amines is 1. The number of aryl methyl sites for hydroxylation is 2. The molecule has 1 fully saturated rings. The molecule has 0 aliphatic heterocycles. The van der Waals surface area contributed by atoms with E-state index in [0.717, 1.165) is 6.04 Å². The number of rotatable bonds is 2. The summed E-state index contributed by atoms with van der Waals surface area (Å²) in [6.45, 7) is 2.19. The summed E-state index contributed by atoms with van der Waals surface area (Å²) in [7, 11) is 0. The molecule has 2 aliphatic carbocycles. The highest BCUT2D eigenvalue weighted by atomic mass is 15.0. The van der Waals surface area contributed by atoms with Crippen LogP contribution in [-0.2, 0) is 6.42 Å². The van der Waals surface area contributed by atoms with Crippen LogP contribution >= 0.6 is 0 Å². The molecule has 2 N–H and O–H groups in total. The predicted octanol–water partition coefficient (Wildman–Crippen LogP) is 4.39. The number of hydrogen-bond acceptors (Lipinski definition) is 1. The highest BCUT2D eigenvalue weighted by molar-refractivity contribution is 5.86. The van der Waals surface area contributed by atoms with E-state index in [0.29, 0.717) is 6.04 Å². The topological polar surface area (TPSA) is 27.8 Å². The normalized spacial score (nSPS) is 23.4. The molecule has 20 heavy (non-hydrogen) atoms. The van der Waals surface area contributed by atoms with Gasteiger partial charge in [0.25, 0.3) is 0 Å². The van der Waals surface area contributed by atoms with Crippen molar-refractivity contribution < 1.29 is 0 Å². The average molecular weight is 268 g/mol. The van der Waals surface area contributed by atoms with Crippen LogP contribution < -0.4 is 5.32 Å². The summed E-state index contributed by atoms with van der Waals surface area (Å²) >= 11 is 0. The lowest BCUT2D eigenvalue weighted by molar-refractivity contribution is 0.335. The third-order valence-corrected chi connectivity index (χ3v) is 5.17. The standard InChI is InChI=1S/C18H24N2/c1-12-7-9-16-15(11-12)14-8-10-17(18(14)20-16)19-13-5-3-2-4-6-13/h7,9,11,13,17,19-20H,2-6,8,10H2,1H3. The van der Waals surface area contributed by atoms with E-state index in [2.05, 4.69) is 35.4 Å². The van der Waals surface area contributed by atoms with E-state index < -0.39 is 0 Å². The molecular formula is C18H24N2. The van der Waals surface area contributed by atoms with E-state index in [-0.39, 0.29) is 0 Å². The molecule has 106 valence electrons. The second kappa shape index (κ2) is 4.92. The van der Waals surface area contributed by atoms with Crippen LogP contribution in [-0.4, -0.2) is 11.0 Å². The molecule has 0 radical (unpaired) electrons. The summed E-state index contributed by atoms with van der Waals surface area (Å²) in [5, 5.41) is 5.37. The van der Waals surface area contributed by atoms with Crippen molar-refractivity contribution >= 4 is 10.9 Å². The molecule has 1 atom stereocenters. The van der Waals surface area contributed by atoms with Gasteiger partial charge in [0.1, 0.15) is 0 Å². The van der Waals surface area contributed by atoms with Crippen molar-refractivity contribution in [2.75, 3.05) is 0 Å². The van der Waals surface area contributed by atoms with Gasteiger partial charge in [0.15, 0.2) is 0 Å². The highest BCUT2D eigenvalue weighted by Crippen LogP contribution is 2.37. The Morgan fingerprint density at radius 2 is 1.95 bits per heavy atom. The number of aromatic nitrogens is 1. The Morgan fingerprint density at radius 1 is 1.10 bits per heavy atom. The van der Waals surface area contributed by atoms with Gasteiger partial charge in [-0.05, 0) is 50.3 Å². The van der Waals surface area contributed by atoms with Crippen LogP contribution in [0, 0.1) is 6.92 Å². The highest BCUT2D eigenvalue weighted by Gasteiger charge is 2.28. The molecule has 4 rings (SSSR count). The van der Waals surface area contributed by atoms with Gasteiger partial charge in [-0.3, -0.25) is 0 Å². The van der Waals surface area contributed by atoms with Crippen molar-refractivity contribution in [2.24, 2.45) is 0 Å². The molecule has 1 aromatic heterocycles. The molecule has 2 nitrogen and oxygen atoms in total. The van der Waals surface area contributed by atoms with E-state index in [1.807, 2.05) is 0 Å². The Labute approximate surface area is 121 Å². The molecule has 1 saturated carbocycles. The number of nitrogens with one attached hydrogen (secondary N) is 2. The predicted molar refractivity (Wildman–Crippen MR) is 84.1 cm³/mol. The van der Waals surface area contributed by atoms with Gasteiger partial charge in [-0.15, -0.1) is 0 Å². The smallest absolute Gasteiger partial charge is 0.0481 e. The second-order valence-electron chi connectivity index (χ2n) is 6.66. The third-order valence-electron chi connectivity index (χ3n) is 5.17. The first kappa shape index (κ1) is 12.5. The Hall–Kier alpha value is -1.28. The maximum atomic E-state index is 3.92. The first-order chi connectivity index (χ1) is 9.81. The van der Waals surface area contributed by atoms with Gasteiger partial charge in [-0.25, -0.2) is 0 Å². The van der Waals surface area contributed by atoms with E-state index >= 15 is 0 Å². The maximum Gasteiger partial charge on any atom is 0.0481 e. The molecule has 0 bridgehead atoms. The van der Waals surface area contributed by atoms with Crippen molar-refractivity contribution in [2.45, 2.75) is 64.0 Å². The van der Waals surface area contributed by atoms with Crippen LogP contribution in [0.3, 0.4) is 0 Å². The Balaban J connectivity index is 1.62. The zero-order chi connectivity index (χ0) is 13.5. The van der Waals surface area contributed by atoms with Crippen LogP contribution in [0.15, 0.2) is 18.2 Å². The van der Waals surface area contributed by atoms with Crippen molar-refractivity contribution in [1.29, 1.82) is 0 Å². The Bertz CT molecular complexity index is 620. The van der Waals surface area contributed by atoms with E-state index in [1.165, 1.54) is 67.1 Å². The van der Waals surface area contributed by atoms with Gasteiger partial charge >= 0.3 is 0 Å². The Kier molecular flexibility index (Phi) is 3.07. The van der Waals surface area contributed by atoms with Gasteiger partial charge in [-0.1, -0.05) is 30.9 Å². The number of H-pyrrole nitrogens is 1. The van der Waals surface area contributed by atoms with Crippen LogP contribution in [0.25, 0.3) is 10.9 Å². The molecule has 2 heteroatoms. The molecular weight excluding hydrogens is 244 g/mol. The minimum Gasteiger partial charge on any atom is -0.357 e. The maximum absolute atomic E-state index is 3.92. The van der Waals surface area contributed by atoms with Crippen molar-refractivity contribution in [3.05, 3.63) is 35.0 Å². The van der Waals surface area contributed by atoms with Gasteiger partial charge in [0.05, 0.1) is 0 Å². The van der Waals surface area contributed by atoms with E-state index in [9.17, 15) is 0 Å². The number of benzene rings is 1. The van der Waals surface area contributed by atoms with Gasteiger partial charge < -0.3 is 10.3 Å². The van der Waals surface area contributed by atoms with E-state index in [1.54, 1.807) is 5.56 Å². The lowest BCUT2D eigenvalue weighted by Crippen LogP contribution is -2.33. The Morgan fingerprint density at radius 3 is 2.80 bits per heavy atom. The van der Waals surface area contributed by atoms with Gasteiger partial charge in [0.2, 0.25) is 0 Å². The molecule has 0 spiro atoms. The summed E-state index contributed by atoms with van der Waals surface area (Å²) in [5.74, 6) is 0. The molecule has 2 aromatic rings. The fraction of sp³-hybridized carbons (Fsp3) is 0.556. The van der Waals surface area contributed by atoms with Gasteiger partial charge in [-0.2, -0.15) is 0 Å². The quantitative estimate of drug-likeness (QED) is 0.831. The number of fused-ring (bicyclic) bond motifs is 3. The van der Waals surface area contributed by atoms with E-state index in [4.69, 9.17) is 0 Å². The van der Waals surface area contributed by atoms with Crippen LogP contribution in [0.2, 0.25) is 0 Å². The monoisotopic (exact) mass is 268 g/mol. The van der Waals surface area contributed by atoms with Crippen LogP contribution in [0.5, 0.6) is 0 Å². The lowest BCUT2D eigenvalue weighted by atomic mass is 9.94. The molecule has 1 unspecified atom stereocenters. The molecule has 0 amide bonds. The second-order valence-corrected chi connectivity index (χ2v) is 6.66. The summed E-state index contributed by atoms with van der Waals surface area (Å²) < 4.78 is 0. The van der Waals surface area contributed by atoms with Crippen LogP contribution in [0.4, 0.5) is 0 Å². The van der Waals surface area contributed by atoms with Crippen LogP contribution in [0.1, 0.15) is 61.4 Å². The molecule has 2 aliphatic rings. The summed E-state index contributed by atoms with van der Waals surface area (Å²) in [4.78, 5) is 3.68. The zero-order valence-electron chi connectivity index (χ0n) is 12.3. The SMILES string of the molecule is Cc1ccc2[nH]c3c(c2c1)CCC3NC1CCCCC1. The van der Waals surface area contributed by atoms with Crippen molar-refractivity contribution in [3.63, 3.8) is 0 Å². The fourth-order valence-electron chi connectivity index (χ4n) is 4.10. The molecule has 1 heterocycles. The summed E-state index contributed by atoms with van der Waals surface area (Å²) in [6, 6.07) is 8.08. The summed E-state index contributed by atoms with van der Waals surface area (Å²) in [5.41, 5.74) is 5.71. The molecule has 1 aromatic carbocycles. The fourth-order valence-corrected chi connectivity index (χ4v) is 4.10. The zero-order valence-corrected chi connectivity index (χ0v) is 12.3. The van der Waals surface area contributed by atoms with Crippen molar-refractivity contribution in [3.8, 4) is 0 Å². The minimum atomic E-state index is 0.556. The van der Waals surface area contributed by atoms with Gasteiger partial charge in [0, 0.05) is 28.7 Å². The number of hydrogen-bond donors (Lipinski definition) is 2. The third kappa shape index (κ3) is 2.07. The van der Waals surface area contributed by atoms with Crippen molar-refractivity contribution in [1.82, 2.24) is 10.3 Å².